The van der Waals surface area contributed by atoms with Crippen LogP contribution < -0.4 is 0 Å². The second-order valence-corrected chi connectivity index (χ2v) is 4.41. The summed E-state index contributed by atoms with van der Waals surface area (Å²) in [5.74, 6) is 0.461. The van der Waals surface area contributed by atoms with Gasteiger partial charge in [0.25, 0.3) is 0 Å². The number of H-pyrrole nitrogens is 1. The van der Waals surface area contributed by atoms with E-state index in [2.05, 4.69) is 14.7 Å². The van der Waals surface area contributed by atoms with Crippen LogP contribution >= 0.6 is 0 Å². The van der Waals surface area contributed by atoms with E-state index >= 15 is 0 Å². The van der Waals surface area contributed by atoms with Gasteiger partial charge in [-0.3, -0.25) is 9.59 Å². The van der Waals surface area contributed by atoms with Gasteiger partial charge < -0.3 is 9.72 Å². The fourth-order valence-electron chi connectivity index (χ4n) is 1.86. The lowest BCUT2D eigenvalue weighted by atomic mass is 10.0. The third-order valence-electron chi connectivity index (χ3n) is 2.99. The summed E-state index contributed by atoms with van der Waals surface area (Å²) in [4.78, 5) is 30.0. The number of carbonyl (C=O) groups is 2. The predicted molar refractivity (Wildman–Crippen MR) is 73.4 cm³/mol. The van der Waals surface area contributed by atoms with Crippen LogP contribution in [0, 0.1) is 0 Å². The van der Waals surface area contributed by atoms with Crippen molar-refractivity contribution in [1.29, 1.82) is 0 Å². The fourth-order valence-corrected chi connectivity index (χ4v) is 1.86. The number of rotatable bonds is 6. The molecule has 0 saturated heterocycles. The highest BCUT2D eigenvalue weighted by Crippen LogP contribution is 2.11. The van der Waals surface area contributed by atoms with Gasteiger partial charge in [-0.05, 0) is 5.56 Å². The first-order valence-corrected chi connectivity index (χ1v) is 6.36. The molecular weight excluding hydrogens is 256 g/mol. The van der Waals surface area contributed by atoms with E-state index in [9.17, 15) is 9.59 Å². The van der Waals surface area contributed by atoms with Crippen molar-refractivity contribution < 1.29 is 14.3 Å². The number of carbonyl (C=O) groups excluding carboxylic acids is 2. The van der Waals surface area contributed by atoms with Crippen LogP contribution in [0.25, 0.3) is 0 Å². The molecule has 5 heteroatoms. The van der Waals surface area contributed by atoms with Gasteiger partial charge in [0.05, 0.1) is 13.5 Å². The number of hydrogen-bond donors (Lipinski definition) is 1. The highest BCUT2D eigenvalue weighted by Gasteiger charge is 2.09. The average Bonchev–Trinajstić information content (AvgIpc) is 2.98. The van der Waals surface area contributed by atoms with Crippen molar-refractivity contribution in [3.63, 3.8) is 0 Å². The molecule has 1 N–H and O–H groups in total. The fraction of sp³-hybridized carbons (Fsp3) is 0.267. The molecule has 2 rings (SSSR count). The van der Waals surface area contributed by atoms with Gasteiger partial charge >= 0.3 is 5.97 Å². The third-order valence-corrected chi connectivity index (χ3v) is 2.99. The summed E-state index contributed by atoms with van der Waals surface area (Å²) in [6.45, 7) is 0. The first-order chi connectivity index (χ1) is 9.69. The number of benzene rings is 1. The number of hydrogen-bond acceptors (Lipinski definition) is 4. The van der Waals surface area contributed by atoms with Gasteiger partial charge in [-0.15, -0.1) is 0 Å². The number of aromatic nitrogens is 2. The van der Waals surface area contributed by atoms with Crippen LogP contribution in [0.2, 0.25) is 0 Å². The molecule has 0 aliphatic rings. The molecule has 0 aliphatic carbocycles. The van der Waals surface area contributed by atoms with Crippen molar-refractivity contribution in [2.45, 2.75) is 19.3 Å². The van der Waals surface area contributed by atoms with Gasteiger partial charge in [0.2, 0.25) is 0 Å². The van der Waals surface area contributed by atoms with Crippen LogP contribution in [0.4, 0.5) is 0 Å². The summed E-state index contributed by atoms with van der Waals surface area (Å²) in [5.41, 5.74) is 1.68. The zero-order valence-electron chi connectivity index (χ0n) is 11.3. The second-order valence-electron chi connectivity index (χ2n) is 4.41. The molecule has 0 bridgehead atoms. The van der Waals surface area contributed by atoms with E-state index in [4.69, 9.17) is 0 Å². The van der Waals surface area contributed by atoms with Crippen molar-refractivity contribution >= 4 is 11.8 Å². The van der Waals surface area contributed by atoms with E-state index in [1.165, 1.54) is 7.11 Å². The predicted octanol–water partition coefficient (Wildman–Crippen LogP) is 2.14. The Morgan fingerprint density at radius 3 is 2.55 bits per heavy atom. The summed E-state index contributed by atoms with van der Waals surface area (Å²) < 4.78 is 4.51. The minimum atomic E-state index is -0.368. The Kier molecular flexibility index (Phi) is 4.65. The molecule has 0 unspecified atom stereocenters. The zero-order valence-corrected chi connectivity index (χ0v) is 11.3. The Morgan fingerprint density at radius 2 is 1.95 bits per heavy atom. The van der Waals surface area contributed by atoms with Crippen molar-refractivity contribution in [2.75, 3.05) is 7.11 Å². The summed E-state index contributed by atoms with van der Waals surface area (Å²) in [7, 11) is 1.32. The number of methoxy groups -OCH3 is 1. The number of Topliss-reactive ketones (excluding diaryl/α,β-unsaturated/α-hetero) is 1. The lowest BCUT2D eigenvalue weighted by molar-refractivity contribution is -0.140. The maximum atomic E-state index is 11.9. The topological polar surface area (TPSA) is 72.1 Å². The molecule has 0 spiro atoms. The quantitative estimate of drug-likeness (QED) is 0.646. The van der Waals surface area contributed by atoms with Crippen LogP contribution in [0.15, 0.2) is 36.7 Å². The van der Waals surface area contributed by atoms with E-state index < -0.39 is 0 Å². The molecule has 5 nitrogen and oxygen atoms in total. The maximum Gasteiger partial charge on any atom is 0.305 e. The lowest BCUT2D eigenvalue weighted by Gasteiger charge is -2.03. The molecule has 0 atom stereocenters. The van der Waals surface area contributed by atoms with Gasteiger partial charge in [0.15, 0.2) is 5.78 Å². The largest absolute Gasteiger partial charge is 0.469 e. The first-order valence-electron chi connectivity index (χ1n) is 6.36. The molecule has 2 aromatic rings. The third kappa shape index (κ3) is 3.78. The maximum absolute atomic E-state index is 11.9. The van der Waals surface area contributed by atoms with E-state index in [0.717, 1.165) is 11.4 Å². The molecule has 1 heterocycles. The molecule has 1 aromatic heterocycles. The van der Waals surface area contributed by atoms with Gasteiger partial charge in [-0.1, -0.05) is 24.3 Å². The second kappa shape index (κ2) is 6.65. The van der Waals surface area contributed by atoms with E-state index in [1.807, 2.05) is 12.1 Å². The molecule has 1 aromatic carbocycles. The summed E-state index contributed by atoms with van der Waals surface area (Å²) >= 11 is 0. The van der Waals surface area contributed by atoms with E-state index in [0.29, 0.717) is 12.0 Å². The number of nitrogens with one attached hydrogen (secondary N) is 1. The minimum absolute atomic E-state index is 0.0556. The molecule has 0 aliphatic heterocycles. The zero-order chi connectivity index (χ0) is 14.4. The Hall–Kier alpha value is -2.43. The van der Waals surface area contributed by atoms with Crippen LogP contribution in [0.3, 0.4) is 0 Å². The molecule has 0 amide bonds. The average molecular weight is 272 g/mol. The number of aromatic amines is 1. The monoisotopic (exact) mass is 272 g/mol. The molecule has 104 valence electrons. The van der Waals surface area contributed by atoms with E-state index in [1.54, 1.807) is 24.5 Å². The normalized spacial score (nSPS) is 10.2. The SMILES string of the molecule is COC(=O)CCC(=O)c1ccc(Cc2ncc[nH]2)cc1. The highest BCUT2D eigenvalue weighted by molar-refractivity contribution is 5.97. The van der Waals surface area contributed by atoms with Crippen LogP contribution in [-0.4, -0.2) is 28.8 Å². The Balaban J connectivity index is 1.93. The number of ketones is 1. The van der Waals surface area contributed by atoms with Crippen LogP contribution in [0.5, 0.6) is 0 Å². The van der Waals surface area contributed by atoms with Crippen molar-refractivity contribution in [3.05, 3.63) is 53.6 Å². The standard InChI is InChI=1S/C15H16N2O3/c1-20-15(19)7-6-13(18)12-4-2-11(3-5-12)10-14-16-8-9-17-14/h2-5,8-9H,6-7,10H2,1H3,(H,16,17). The van der Waals surface area contributed by atoms with Crippen LogP contribution in [0.1, 0.15) is 34.6 Å². The summed E-state index contributed by atoms with van der Waals surface area (Å²) in [6.07, 6.45) is 4.47. The van der Waals surface area contributed by atoms with Crippen molar-refractivity contribution in [2.24, 2.45) is 0 Å². The Labute approximate surface area is 117 Å². The van der Waals surface area contributed by atoms with Gasteiger partial charge in [-0.2, -0.15) is 0 Å². The summed E-state index contributed by atoms with van der Waals surface area (Å²) in [5, 5.41) is 0. The molecule has 0 fully saturated rings. The van der Waals surface area contributed by atoms with Gasteiger partial charge in [-0.25, -0.2) is 4.98 Å². The highest BCUT2D eigenvalue weighted by atomic mass is 16.5. The first kappa shape index (κ1) is 14.0. The van der Waals surface area contributed by atoms with Crippen molar-refractivity contribution in [1.82, 2.24) is 9.97 Å². The van der Waals surface area contributed by atoms with Crippen molar-refractivity contribution in [3.8, 4) is 0 Å². The van der Waals surface area contributed by atoms with Gasteiger partial charge in [0, 0.05) is 30.8 Å². The Bertz CT molecular complexity index is 574. The number of nitrogens with zero attached hydrogens (tertiary/aromatic N) is 1. The number of esters is 1. The number of imidazole rings is 1. The Morgan fingerprint density at radius 1 is 1.20 bits per heavy atom. The summed E-state index contributed by atoms with van der Waals surface area (Å²) in [6, 6.07) is 7.34. The van der Waals surface area contributed by atoms with Gasteiger partial charge in [0.1, 0.15) is 5.82 Å². The lowest BCUT2D eigenvalue weighted by Crippen LogP contribution is -2.06. The van der Waals surface area contributed by atoms with Crippen LogP contribution in [-0.2, 0) is 16.0 Å². The molecular formula is C15H16N2O3. The molecule has 0 saturated carbocycles. The smallest absolute Gasteiger partial charge is 0.305 e. The molecule has 20 heavy (non-hydrogen) atoms. The number of ether oxygens (including phenoxy) is 1. The molecule has 0 radical (unpaired) electrons. The van der Waals surface area contributed by atoms with E-state index in [-0.39, 0.29) is 24.6 Å². The minimum Gasteiger partial charge on any atom is -0.469 e.